The van der Waals surface area contributed by atoms with Crippen LogP contribution in [-0.4, -0.2) is 17.9 Å². The fraction of sp³-hybridized carbons (Fsp3) is 0.136. The van der Waals surface area contributed by atoms with E-state index in [1.165, 1.54) is 17.5 Å². The van der Waals surface area contributed by atoms with E-state index in [9.17, 15) is 0 Å². The third-order valence-corrected chi connectivity index (χ3v) is 4.94. The molecular weight excluding hydrogens is 356 g/mol. The average molecular weight is 377 g/mol. The fourth-order valence-corrected chi connectivity index (χ4v) is 3.55. The lowest BCUT2D eigenvalue weighted by Gasteiger charge is -2.10. The Hall–Kier alpha value is -2.98. The Morgan fingerprint density at radius 2 is 1.85 bits per heavy atom. The van der Waals surface area contributed by atoms with Crippen LogP contribution >= 0.6 is 11.6 Å². The number of nitrogens with zero attached hydrogens (tertiary/aromatic N) is 1. The van der Waals surface area contributed by atoms with Crippen molar-refractivity contribution in [1.82, 2.24) is 4.98 Å². The highest BCUT2D eigenvalue weighted by Crippen LogP contribution is 2.33. The van der Waals surface area contributed by atoms with E-state index < -0.39 is 0 Å². The summed E-state index contributed by atoms with van der Waals surface area (Å²) in [6.45, 7) is 2.73. The molecule has 3 aromatic carbocycles. The van der Waals surface area contributed by atoms with Gasteiger partial charge in [0.15, 0.2) is 0 Å². The van der Waals surface area contributed by atoms with Gasteiger partial charge in [-0.15, -0.1) is 0 Å². The van der Waals surface area contributed by atoms with Gasteiger partial charge in [0.2, 0.25) is 0 Å². The van der Waals surface area contributed by atoms with Crippen LogP contribution in [0.5, 0.6) is 0 Å². The summed E-state index contributed by atoms with van der Waals surface area (Å²) in [5.41, 5.74) is 12.1. The second-order valence-corrected chi connectivity index (χ2v) is 7.11. The van der Waals surface area contributed by atoms with Gasteiger partial charge in [-0.25, -0.2) is 0 Å². The molecule has 0 aliphatic carbocycles. The SMILES string of the molecule is Cc1ccc(Nc2cc(CCN=CN)c3[nH]c4ccc(Cl)cc4c3c2)cc1. The third kappa shape index (κ3) is 3.62. The number of fused-ring (bicyclic) bond motifs is 3. The minimum Gasteiger partial charge on any atom is -0.390 e. The average Bonchev–Trinajstić information content (AvgIpc) is 3.02. The third-order valence-electron chi connectivity index (χ3n) is 4.71. The first-order valence-corrected chi connectivity index (χ1v) is 9.29. The summed E-state index contributed by atoms with van der Waals surface area (Å²) in [7, 11) is 0. The predicted molar refractivity (Wildman–Crippen MR) is 117 cm³/mol. The minimum absolute atomic E-state index is 0.649. The number of nitrogens with two attached hydrogens (primary N) is 1. The lowest BCUT2D eigenvalue weighted by Crippen LogP contribution is -1.97. The number of hydrogen-bond donors (Lipinski definition) is 3. The molecule has 5 heteroatoms. The molecule has 27 heavy (non-hydrogen) atoms. The molecule has 4 rings (SSSR count). The topological polar surface area (TPSA) is 66.2 Å². The molecule has 4 nitrogen and oxygen atoms in total. The van der Waals surface area contributed by atoms with Gasteiger partial charge in [0.1, 0.15) is 0 Å². The zero-order chi connectivity index (χ0) is 18.8. The second kappa shape index (κ2) is 7.33. The summed E-state index contributed by atoms with van der Waals surface area (Å²) in [6.07, 6.45) is 2.16. The lowest BCUT2D eigenvalue weighted by atomic mass is 10.0. The maximum Gasteiger partial charge on any atom is 0.0797 e. The van der Waals surface area contributed by atoms with Crippen molar-refractivity contribution >= 4 is 51.1 Å². The molecule has 0 unspecified atom stereocenters. The molecule has 0 saturated heterocycles. The van der Waals surface area contributed by atoms with Crippen LogP contribution in [0.1, 0.15) is 11.1 Å². The molecule has 1 aromatic heterocycles. The number of benzene rings is 3. The van der Waals surface area contributed by atoms with Crippen LogP contribution in [0.4, 0.5) is 11.4 Å². The van der Waals surface area contributed by atoms with E-state index in [0.717, 1.165) is 44.6 Å². The number of aromatic nitrogens is 1. The molecule has 4 aromatic rings. The van der Waals surface area contributed by atoms with E-state index in [0.29, 0.717) is 6.54 Å². The largest absolute Gasteiger partial charge is 0.390 e. The highest BCUT2D eigenvalue weighted by atomic mass is 35.5. The van der Waals surface area contributed by atoms with E-state index >= 15 is 0 Å². The molecule has 0 bridgehead atoms. The Balaban J connectivity index is 1.83. The van der Waals surface area contributed by atoms with Crippen LogP contribution in [0, 0.1) is 6.92 Å². The van der Waals surface area contributed by atoms with Crippen molar-refractivity contribution in [3.63, 3.8) is 0 Å². The van der Waals surface area contributed by atoms with Crippen molar-refractivity contribution in [2.45, 2.75) is 13.3 Å². The summed E-state index contributed by atoms with van der Waals surface area (Å²) in [5.74, 6) is 0. The zero-order valence-electron chi connectivity index (χ0n) is 15.1. The van der Waals surface area contributed by atoms with Crippen LogP contribution in [0.25, 0.3) is 21.8 Å². The van der Waals surface area contributed by atoms with Crippen molar-refractivity contribution < 1.29 is 0 Å². The van der Waals surface area contributed by atoms with Gasteiger partial charge >= 0.3 is 0 Å². The van der Waals surface area contributed by atoms with Crippen molar-refractivity contribution in [3.05, 3.63) is 70.7 Å². The Morgan fingerprint density at radius 1 is 1.04 bits per heavy atom. The molecule has 0 aliphatic heterocycles. The minimum atomic E-state index is 0.649. The number of rotatable bonds is 5. The number of aromatic amines is 1. The van der Waals surface area contributed by atoms with E-state index in [-0.39, 0.29) is 0 Å². The maximum atomic E-state index is 6.24. The molecule has 1 heterocycles. The first kappa shape index (κ1) is 17.4. The van der Waals surface area contributed by atoms with Crippen LogP contribution < -0.4 is 11.1 Å². The maximum absolute atomic E-state index is 6.24. The standard InChI is InChI=1S/C22H21ClN4/c1-14-2-5-17(6-3-14)26-18-10-15(8-9-25-13-24)22-20(12-18)19-11-16(23)4-7-21(19)27-22/h2-7,10-13,26-27H,8-9H2,1H3,(H2,24,25). The Kier molecular flexibility index (Phi) is 4.73. The summed E-state index contributed by atoms with van der Waals surface area (Å²) in [6, 6.07) is 18.6. The second-order valence-electron chi connectivity index (χ2n) is 6.67. The first-order valence-electron chi connectivity index (χ1n) is 8.91. The van der Waals surface area contributed by atoms with E-state index in [1.54, 1.807) is 0 Å². The van der Waals surface area contributed by atoms with E-state index in [1.807, 2.05) is 18.2 Å². The van der Waals surface area contributed by atoms with Gasteiger partial charge in [-0.05, 0) is 61.4 Å². The van der Waals surface area contributed by atoms with Crippen molar-refractivity contribution in [1.29, 1.82) is 0 Å². The molecule has 4 N–H and O–H groups in total. The number of halogens is 1. The van der Waals surface area contributed by atoms with Gasteiger partial charge in [-0.1, -0.05) is 29.3 Å². The monoisotopic (exact) mass is 376 g/mol. The molecule has 0 amide bonds. The number of anilines is 2. The molecule has 0 spiro atoms. The van der Waals surface area contributed by atoms with E-state index in [2.05, 4.69) is 58.6 Å². The number of aliphatic imine (C=N–C) groups is 1. The lowest BCUT2D eigenvalue weighted by molar-refractivity contribution is 0.977. The van der Waals surface area contributed by atoms with Gasteiger partial charge in [-0.3, -0.25) is 4.99 Å². The zero-order valence-corrected chi connectivity index (χ0v) is 15.8. The van der Waals surface area contributed by atoms with Crippen LogP contribution in [-0.2, 0) is 6.42 Å². The predicted octanol–water partition coefficient (Wildman–Crippen LogP) is 5.56. The molecule has 0 atom stereocenters. The molecule has 0 saturated carbocycles. The van der Waals surface area contributed by atoms with Gasteiger partial charge < -0.3 is 16.0 Å². The molecule has 0 radical (unpaired) electrons. The van der Waals surface area contributed by atoms with Gasteiger partial charge in [0, 0.05) is 44.7 Å². The van der Waals surface area contributed by atoms with Crippen molar-refractivity contribution in [3.8, 4) is 0 Å². The fourth-order valence-electron chi connectivity index (χ4n) is 3.38. The Bertz CT molecular complexity index is 1130. The quantitative estimate of drug-likeness (QED) is 0.315. The smallest absolute Gasteiger partial charge is 0.0797 e. The number of nitrogens with one attached hydrogen (secondary N) is 2. The summed E-state index contributed by atoms with van der Waals surface area (Å²) in [4.78, 5) is 7.69. The summed E-state index contributed by atoms with van der Waals surface area (Å²) in [5, 5.41) is 6.51. The van der Waals surface area contributed by atoms with Crippen LogP contribution in [0.15, 0.2) is 59.6 Å². The van der Waals surface area contributed by atoms with Crippen LogP contribution in [0.2, 0.25) is 5.02 Å². The number of H-pyrrole nitrogens is 1. The number of hydrogen-bond acceptors (Lipinski definition) is 2. The first-order chi connectivity index (χ1) is 13.1. The Labute approximate surface area is 163 Å². The van der Waals surface area contributed by atoms with Crippen LogP contribution in [0.3, 0.4) is 0 Å². The van der Waals surface area contributed by atoms with Crippen molar-refractivity contribution in [2.24, 2.45) is 10.7 Å². The molecule has 0 aliphatic rings. The highest BCUT2D eigenvalue weighted by molar-refractivity contribution is 6.31. The molecule has 0 fully saturated rings. The Morgan fingerprint density at radius 3 is 2.63 bits per heavy atom. The molecule has 136 valence electrons. The number of aryl methyl sites for hydroxylation is 1. The summed E-state index contributed by atoms with van der Waals surface area (Å²) >= 11 is 6.24. The molecular formula is C22H21ClN4. The summed E-state index contributed by atoms with van der Waals surface area (Å²) < 4.78 is 0. The van der Waals surface area contributed by atoms with Gasteiger partial charge in [0.25, 0.3) is 0 Å². The van der Waals surface area contributed by atoms with E-state index in [4.69, 9.17) is 17.3 Å². The van der Waals surface area contributed by atoms with Gasteiger partial charge in [0.05, 0.1) is 6.34 Å². The normalized spacial score (nSPS) is 11.6. The van der Waals surface area contributed by atoms with Gasteiger partial charge in [-0.2, -0.15) is 0 Å². The highest BCUT2D eigenvalue weighted by Gasteiger charge is 2.11. The van der Waals surface area contributed by atoms with Crippen molar-refractivity contribution in [2.75, 3.05) is 11.9 Å².